The van der Waals surface area contributed by atoms with Crippen LogP contribution in [0.3, 0.4) is 0 Å². The van der Waals surface area contributed by atoms with E-state index in [1.807, 2.05) is 0 Å². The zero-order valence-corrected chi connectivity index (χ0v) is 16.2. The maximum Gasteiger partial charge on any atom is 0.224 e. The van der Waals surface area contributed by atoms with Crippen molar-refractivity contribution in [3.63, 3.8) is 0 Å². The molecule has 1 fully saturated rings. The number of carbonyl (C=O) groups excluding carboxylic acids is 1. The van der Waals surface area contributed by atoms with Gasteiger partial charge in [0.2, 0.25) is 5.91 Å². The first kappa shape index (κ1) is 19.8. The molecule has 0 aliphatic carbocycles. The Hall–Kier alpha value is -1.52. The molecule has 1 aromatic heterocycles. The fourth-order valence-electron chi connectivity index (χ4n) is 3.60. The largest absolute Gasteiger partial charge is 0.464 e. The quantitative estimate of drug-likeness (QED) is 0.844. The van der Waals surface area contributed by atoms with Crippen LogP contribution in [0, 0.1) is 12.8 Å². The van der Waals surface area contributed by atoms with Crippen LogP contribution in [0.25, 0.3) is 11.0 Å². The van der Waals surface area contributed by atoms with Gasteiger partial charge in [0.15, 0.2) is 0 Å². The zero-order valence-electron chi connectivity index (χ0n) is 15.4. The highest BCUT2D eigenvalue weighted by molar-refractivity contribution is 5.88. The lowest BCUT2D eigenvalue weighted by Crippen LogP contribution is -2.38. The average Bonchev–Trinajstić information content (AvgIpc) is 2.94. The van der Waals surface area contributed by atoms with Crippen molar-refractivity contribution in [3.8, 4) is 0 Å². The minimum absolute atomic E-state index is 0. The molecular formula is C20H29ClN2O2. The first-order chi connectivity index (χ1) is 11.5. The van der Waals surface area contributed by atoms with E-state index in [4.69, 9.17) is 4.42 Å². The molecule has 1 unspecified atom stereocenters. The summed E-state index contributed by atoms with van der Waals surface area (Å²) in [5, 5.41) is 7.54. The first-order valence-corrected chi connectivity index (χ1v) is 9.02. The molecule has 0 saturated carbocycles. The van der Waals surface area contributed by atoms with E-state index in [0.29, 0.717) is 18.3 Å². The van der Waals surface area contributed by atoms with Crippen LogP contribution in [-0.4, -0.2) is 25.5 Å². The van der Waals surface area contributed by atoms with Crippen molar-refractivity contribution >= 4 is 29.3 Å². The normalized spacial score (nSPS) is 17.5. The highest BCUT2D eigenvalue weighted by Gasteiger charge is 2.16. The highest BCUT2D eigenvalue weighted by Crippen LogP contribution is 2.29. The van der Waals surface area contributed by atoms with Gasteiger partial charge in [0.25, 0.3) is 0 Å². The summed E-state index contributed by atoms with van der Waals surface area (Å²) in [5.74, 6) is 1.10. The standard InChI is InChI=1S/C20H28N2O2.ClH/c1-13(2)17-9-18-16(12-24-19(18)7-14(17)3)8-20(23)22-11-15-5-4-6-21-10-15;/h7,9,12-13,15,21H,4-6,8,10-11H2,1-3H3,(H,22,23);1H. The lowest BCUT2D eigenvalue weighted by atomic mass is 9.95. The van der Waals surface area contributed by atoms with Gasteiger partial charge in [-0.05, 0) is 68.0 Å². The van der Waals surface area contributed by atoms with Gasteiger partial charge >= 0.3 is 0 Å². The third-order valence-corrected chi connectivity index (χ3v) is 5.00. The van der Waals surface area contributed by atoms with E-state index in [9.17, 15) is 4.79 Å². The molecule has 2 N–H and O–H groups in total. The molecule has 1 aliphatic rings. The summed E-state index contributed by atoms with van der Waals surface area (Å²) in [7, 11) is 0. The van der Waals surface area contributed by atoms with Crippen molar-refractivity contribution in [2.24, 2.45) is 5.92 Å². The van der Waals surface area contributed by atoms with Crippen LogP contribution >= 0.6 is 12.4 Å². The van der Waals surface area contributed by atoms with Gasteiger partial charge < -0.3 is 15.1 Å². The number of benzene rings is 1. The Bertz CT molecular complexity index is 718. The van der Waals surface area contributed by atoms with E-state index >= 15 is 0 Å². The van der Waals surface area contributed by atoms with Crippen LogP contribution in [0.1, 0.15) is 49.3 Å². The minimum Gasteiger partial charge on any atom is -0.464 e. The van der Waals surface area contributed by atoms with Crippen LogP contribution < -0.4 is 10.6 Å². The van der Waals surface area contributed by atoms with Gasteiger partial charge in [-0.2, -0.15) is 0 Å². The highest BCUT2D eigenvalue weighted by atomic mass is 35.5. The van der Waals surface area contributed by atoms with Gasteiger partial charge in [0.1, 0.15) is 5.58 Å². The van der Waals surface area contributed by atoms with E-state index < -0.39 is 0 Å². The Morgan fingerprint density at radius 1 is 1.40 bits per heavy atom. The Balaban J connectivity index is 0.00000225. The number of aryl methyl sites for hydroxylation is 1. The summed E-state index contributed by atoms with van der Waals surface area (Å²) in [6.45, 7) is 9.37. The summed E-state index contributed by atoms with van der Waals surface area (Å²) in [6.07, 6.45) is 4.51. The number of hydrogen-bond acceptors (Lipinski definition) is 3. The molecule has 1 saturated heterocycles. The van der Waals surface area contributed by atoms with Crippen molar-refractivity contribution in [2.45, 2.75) is 46.0 Å². The molecule has 1 atom stereocenters. The van der Waals surface area contributed by atoms with Crippen molar-refractivity contribution in [3.05, 3.63) is 35.1 Å². The number of piperidine rings is 1. The Morgan fingerprint density at radius 2 is 2.20 bits per heavy atom. The Kier molecular flexibility index (Phi) is 6.91. The molecule has 4 nitrogen and oxygen atoms in total. The van der Waals surface area contributed by atoms with Crippen LogP contribution in [-0.2, 0) is 11.2 Å². The van der Waals surface area contributed by atoms with Crippen LogP contribution in [0.5, 0.6) is 0 Å². The molecule has 5 heteroatoms. The van der Waals surface area contributed by atoms with Crippen LogP contribution in [0.4, 0.5) is 0 Å². The first-order valence-electron chi connectivity index (χ1n) is 9.02. The van der Waals surface area contributed by atoms with Crippen molar-refractivity contribution < 1.29 is 9.21 Å². The average molecular weight is 365 g/mol. The summed E-state index contributed by atoms with van der Waals surface area (Å²) in [5.41, 5.74) is 4.41. The third kappa shape index (κ3) is 4.77. The molecule has 25 heavy (non-hydrogen) atoms. The van der Waals surface area contributed by atoms with Crippen molar-refractivity contribution in [1.82, 2.24) is 10.6 Å². The van der Waals surface area contributed by atoms with E-state index in [1.165, 1.54) is 24.0 Å². The maximum atomic E-state index is 12.3. The molecule has 1 aliphatic heterocycles. The van der Waals surface area contributed by atoms with E-state index in [2.05, 4.69) is 43.5 Å². The zero-order chi connectivity index (χ0) is 17.1. The monoisotopic (exact) mass is 364 g/mol. The lowest BCUT2D eigenvalue weighted by molar-refractivity contribution is -0.120. The fourth-order valence-corrected chi connectivity index (χ4v) is 3.60. The van der Waals surface area contributed by atoms with Crippen LogP contribution in [0.15, 0.2) is 22.8 Å². The second-order valence-electron chi connectivity index (χ2n) is 7.31. The molecule has 0 bridgehead atoms. The lowest BCUT2D eigenvalue weighted by Gasteiger charge is -2.22. The van der Waals surface area contributed by atoms with Gasteiger partial charge in [-0.25, -0.2) is 0 Å². The SMILES string of the molecule is Cc1cc2occ(CC(=O)NCC3CCCNC3)c2cc1C(C)C.Cl. The number of rotatable bonds is 5. The number of hydrogen-bond donors (Lipinski definition) is 2. The summed E-state index contributed by atoms with van der Waals surface area (Å²) in [6, 6.07) is 4.27. The molecule has 3 rings (SSSR count). The second-order valence-corrected chi connectivity index (χ2v) is 7.31. The van der Waals surface area contributed by atoms with Crippen LogP contribution in [0.2, 0.25) is 0 Å². The number of nitrogens with one attached hydrogen (secondary N) is 2. The third-order valence-electron chi connectivity index (χ3n) is 5.00. The predicted molar refractivity (Wildman–Crippen MR) is 105 cm³/mol. The Morgan fingerprint density at radius 3 is 2.88 bits per heavy atom. The van der Waals surface area contributed by atoms with Crippen molar-refractivity contribution in [2.75, 3.05) is 19.6 Å². The molecule has 0 spiro atoms. The van der Waals surface area contributed by atoms with Gasteiger partial charge in [0, 0.05) is 17.5 Å². The molecule has 138 valence electrons. The van der Waals surface area contributed by atoms with Gasteiger partial charge in [-0.1, -0.05) is 13.8 Å². The fraction of sp³-hybridized carbons (Fsp3) is 0.550. The van der Waals surface area contributed by atoms with Gasteiger partial charge in [-0.15, -0.1) is 12.4 Å². The van der Waals surface area contributed by atoms with Gasteiger partial charge in [-0.3, -0.25) is 4.79 Å². The van der Waals surface area contributed by atoms with E-state index in [-0.39, 0.29) is 18.3 Å². The molecule has 1 amide bonds. The van der Waals surface area contributed by atoms with E-state index in [0.717, 1.165) is 36.2 Å². The smallest absolute Gasteiger partial charge is 0.224 e. The maximum absolute atomic E-state index is 12.3. The molecule has 0 radical (unpaired) electrons. The number of fused-ring (bicyclic) bond motifs is 1. The summed E-state index contributed by atoms with van der Waals surface area (Å²) >= 11 is 0. The summed E-state index contributed by atoms with van der Waals surface area (Å²) < 4.78 is 5.67. The topological polar surface area (TPSA) is 54.3 Å². The Labute approximate surface area is 156 Å². The number of carbonyl (C=O) groups is 1. The van der Waals surface area contributed by atoms with Crippen molar-refractivity contribution in [1.29, 1.82) is 0 Å². The number of amides is 1. The molecular weight excluding hydrogens is 336 g/mol. The number of halogens is 1. The summed E-state index contributed by atoms with van der Waals surface area (Å²) in [4.78, 5) is 12.3. The predicted octanol–water partition coefficient (Wildman–Crippen LogP) is 3.94. The van der Waals surface area contributed by atoms with E-state index in [1.54, 1.807) is 6.26 Å². The molecule has 2 aromatic rings. The molecule has 2 heterocycles. The number of furan rings is 1. The minimum atomic E-state index is 0. The molecule has 1 aromatic carbocycles. The van der Waals surface area contributed by atoms with Gasteiger partial charge in [0.05, 0.1) is 12.7 Å². The second kappa shape index (κ2) is 8.72.